The molecule has 0 spiro atoms. The zero-order valence-corrected chi connectivity index (χ0v) is 14.3. The first-order valence-corrected chi connectivity index (χ1v) is 8.98. The second kappa shape index (κ2) is 7.16. The highest BCUT2D eigenvalue weighted by Crippen LogP contribution is 2.20. The number of nitrogens with one attached hydrogen (secondary N) is 1. The van der Waals surface area contributed by atoms with Crippen molar-refractivity contribution in [2.45, 2.75) is 71.3 Å². The quantitative estimate of drug-likeness (QED) is 0.929. The van der Waals surface area contributed by atoms with E-state index in [0.29, 0.717) is 11.7 Å². The summed E-state index contributed by atoms with van der Waals surface area (Å²) in [5.74, 6) is 0.0329. The van der Waals surface area contributed by atoms with E-state index in [4.69, 9.17) is 0 Å². The van der Waals surface area contributed by atoms with Crippen LogP contribution in [0.15, 0.2) is 18.3 Å². The maximum Gasteiger partial charge on any atom is 0.270 e. The highest BCUT2D eigenvalue weighted by molar-refractivity contribution is 5.95. The molecule has 0 radical (unpaired) electrons. The number of rotatable bonds is 3. The van der Waals surface area contributed by atoms with Gasteiger partial charge in [0.05, 0.1) is 5.69 Å². The Balaban J connectivity index is 1.86. The zero-order chi connectivity index (χ0) is 16.2. The summed E-state index contributed by atoms with van der Waals surface area (Å²) < 4.78 is 1.95. The summed E-state index contributed by atoms with van der Waals surface area (Å²) in [6.45, 7) is 4.10. The molecule has 23 heavy (non-hydrogen) atoms. The molecule has 1 amide bonds. The van der Waals surface area contributed by atoms with Crippen molar-refractivity contribution in [3.05, 3.63) is 35.3 Å². The van der Waals surface area contributed by atoms with Crippen molar-refractivity contribution in [2.75, 3.05) is 0 Å². The molecule has 1 aliphatic rings. The van der Waals surface area contributed by atoms with Gasteiger partial charge in [0.25, 0.3) is 5.91 Å². The van der Waals surface area contributed by atoms with E-state index >= 15 is 0 Å². The third-order valence-electron chi connectivity index (χ3n) is 4.91. The van der Waals surface area contributed by atoms with E-state index < -0.39 is 0 Å². The molecule has 2 aromatic heterocycles. The van der Waals surface area contributed by atoms with E-state index in [1.165, 1.54) is 32.1 Å². The lowest BCUT2D eigenvalue weighted by molar-refractivity contribution is 0.0923. The first-order valence-electron chi connectivity index (χ1n) is 8.98. The van der Waals surface area contributed by atoms with E-state index in [9.17, 15) is 4.79 Å². The summed E-state index contributed by atoms with van der Waals surface area (Å²) in [7, 11) is 0. The summed E-state index contributed by atoms with van der Waals surface area (Å²) in [4.78, 5) is 17.6. The number of aromatic nitrogens is 2. The molecule has 0 aromatic carbocycles. The lowest BCUT2D eigenvalue weighted by Gasteiger charge is -2.21. The van der Waals surface area contributed by atoms with Crippen LogP contribution in [-0.2, 0) is 6.42 Å². The Labute approximate surface area is 138 Å². The smallest absolute Gasteiger partial charge is 0.270 e. The summed E-state index contributed by atoms with van der Waals surface area (Å²) in [5.41, 5.74) is 3.61. The lowest BCUT2D eigenvalue weighted by Crippen LogP contribution is -2.36. The molecular weight excluding hydrogens is 286 g/mol. The van der Waals surface area contributed by atoms with Crippen molar-refractivity contribution in [3.8, 4) is 0 Å². The normalized spacial score (nSPS) is 17.0. The third-order valence-corrected chi connectivity index (χ3v) is 4.91. The van der Waals surface area contributed by atoms with Crippen molar-refractivity contribution in [1.29, 1.82) is 0 Å². The van der Waals surface area contributed by atoms with Crippen molar-refractivity contribution in [1.82, 2.24) is 14.7 Å². The first kappa shape index (κ1) is 16.0. The van der Waals surface area contributed by atoms with Crippen LogP contribution in [0.3, 0.4) is 0 Å². The monoisotopic (exact) mass is 313 g/mol. The zero-order valence-electron chi connectivity index (χ0n) is 14.3. The third kappa shape index (κ3) is 3.41. The fourth-order valence-electron chi connectivity index (χ4n) is 3.59. The van der Waals surface area contributed by atoms with Gasteiger partial charge in [-0.15, -0.1) is 0 Å². The summed E-state index contributed by atoms with van der Waals surface area (Å²) in [5, 5.41) is 3.28. The Bertz CT molecular complexity index is 681. The van der Waals surface area contributed by atoms with Gasteiger partial charge >= 0.3 is 0 Å². The molecule has 1 aliphatic carbocycles. The van der Waals surface area contributed by atoms with Gasteiger partial charge in [0.15, 0.2) is 0 Å². The van der Waals surface area contributed by atoms with Crippen molar-refractivity contribution < 1.29 is 4.79 Å². The standard InChI is InChI=1S/C19H27N3O/c1-3-16-17(22-13-9-10-14(2)18(22)21-16)19(23)20-15-11-7-5-4-6-8-12-15/h9-10,13,15H,3-8,11-12H2,1-2H3,(H,20,23). The Morgan fingerprint density at radius 3 is 2.65 bits per heavy atom. The number of carbonyl (C=O) groups excluding carboxylic acids is 1. The maximum absolute atomic E-state index is 12.9. The van der Waals surface area contributed by atoms with Gasteiger partial charge in [0.2, 0.25) is 0 Å². The average molecular weight is 313 g/mol. The van der Waals surface area contributed by atoms with Crippen LogP contribution in [0.1, 0.15) is 73.6 Å². The topological polar surface area (TPSA) is 46.4 Å². The Kier molecular flexibility index (Phi) is 4.99. The average Bonchev–Trinajstić information content (AvgIpc) is 2.90. The lowest BCUT2D eigenvalue weighted by atomic mass is 9.96. The van der Waals surface area contributed by atoms with Crippen LogP contribution in [0.5, 0.6) is 0 Å². The fraction of sp³-hybridized carbons (Fsp3) is 0.579. The summed E-state index contributed by atoms with van der Waals surface area (Å²) in [6, 6.07) is 4.33. The first-order chi connectivity index (χ1) is 11.2. The molecule has 0 unspecified atom stereocenters. The van der Waals surface area contributed by atoms with Crippen molar-refractivity contribution >= 4 is 11.6 Å². The predicted octanol–water partition coefficient (Wildman–Crippen LogP) is 4.05. The number of amides is 1. The number of nitrogens with zero attached hydrogens (tertiary/aromatic N) is 2. The van der Waals surface area contributed by atoms with Gasteiger partial charge in [-0.2, -0.15) is 0 Å². The Morgan fingerprint density at radius 1 is 1.26 bits per heavy atom. The van der Waals surface area contributed by atoms with Crippen LogP contribution < -0.4 is 5.32 Å². The second-order valence-corrected chi connectivity index (χ2v) is 6.66. The summed E-state index contributed by atoms with van der Waals surface area (Å²) >= 11 is 0. The number of imidazole rings is 1. The molecule has 1 N–H and O–H groups in total. The minimum Gasteiger partial charge on any atom is -0.348 e. The highest BCUT2D eigenvalue weighted by atomic mass is 16.2. The van der Waals surface area contributed by atoms with Crippen LogP contribution in [0.4, 0.5) is 0 Å². The molecule has 0 aliphatic heterocycles. The number of carbonyl (C=O) groups is 1. The molecule has 0 bridgehead atoms. The van der Waals surface area contributed by atoms with E-state index in [2.05, 4.69) is 17.2 Å². The van der Waals surface area contributed by atoms with Crippen LogP contribution in [0.2, 0.25) is 0 Å². The Hall–Kier alpha value is -1.84. The summed E-state index contributed by atoms with van der Waals surface area (Å²) in [6.07, 6.45) is 11.3. The van der Waals surface area contributed by atoms with E-state index in [1.807, 2.05) is 29.7 Å². The molecule has 2 heterocycles. The van der Waals surface area contributed by atoms with E-state index in [1.54, 1.807) is 0 Å². The second-order valence-electron chi connectivity index (χ2n) is 6.66. The molecule has 0 atom stereocenters. The van der Waals surface area contributed by atoms with E-state index in [-0.39, 0.29) is 5.91 Å². The molecule has 4 heteroatoms. The fourth-order valence-corrected chi connectivity index (χ4v) is 3.59. The number of hydrogen-bond donors (Lipinski definition) is 1. The number of hydrogen-bond acceptors (Lipinski definition) is 2. The van der Waals surface area contributed by atoms with Gasteiger partial charge in [-0.1, -0.05) is 45.1 Å². The predicted molar refractivity (Wildman–Crippen MR) is 92.9 cm³/mol. The van der Waals surface area contributed by atoms with Gasteiger partial charge in [0.1, 0.15) is 11.3 Å². The van der Waals surface area contributed by atoms with E-state index in [0.717, 1.165) is 36.2 Å². The Morgan fingerprint density at radius 2 is 1.96 bits per heavy atom. The highest BCUT2D eigenvalue weighted by Gasteiger charge is 2.21. The molecular formula is C19H27N3O. The maximum atomic E-state index is 12.9. The van der Waals surface area contributed by atoms with Gasteiger partial charge < -0.3 is 5.32 Å². The largest absolute Gasteiger partial charge is 0.348 e. The van der Waals surface area contributed by atoms with Crippen molar-refractivity contribution in [3.63, 3.8) is 0 Å². The van der Waals surface area contributed by atoms with Crippen LogP contribution in [-0.4, -0.2) is 21.3 Å². The van der Waals surface area contributed by atoms with Crippen LogP contribution in [0.25, 0.3) is 5.65 Å². The number of aryl methyl sites for hydroxylation is 2. The molecule has 3 rings (SSSR count). The minimum atomic E-state index is 0.0329. The van der Waals surface area contributed by atoms with Gasteiger partial charge in [-0.25, -0.2) is 4.98 Å². The number of fused-ring (bicyclic) bond motifs is 1. The van der Waals surface area contributed by atoms with Crippen molar-refractivity contribution in [2.24, 2.45) is 0 Å². The molecule has 2 aromatic rings. The number of pyridine rings is 1. The minimum absolute atomic E-state index is 0.0329. The molecule has 1 saturated carbocycles. The molecule has 124 valence electrons. The van der Waals surface area contributed by atoms with Crippen LogP contribution >= 0.6 is 0 Å². The molecule has 4 nitrogen and oxygen atoms in total. The molecule has 0 saturated heterocycles. The van der Waals surface area contributed by atoms with Crippen LogP contribution in [0, 0.1) is 6.92 Å². The SMILES string of the molecule is CCc1nc2c(C)cccn2c1C(=O)NC1CCCCCCC1. The van der Waals surface area contributed by atoms with Gasteiger partial charge in [-0.3, -0.25) is 9.20 Å². The molecule has 1 fully saturated rings. The van der Waals surface area contributed by atoms with Gasteiger partial charge in [0, 0.05) is 12.2 Å². The van der Waals surface area contributed by atoms with Gasteiger partial charge in [-0.05, 0) is 37.8 Å².